The summed E-state index contributed by atoms with van der Waals surface area (Å²) in [6, 6.07) is 12.1. The lowest BCUT2D eigenvalue weighted by molar-refractivity contribution is 0.103. The summed E-state index contributed by atoms with van der Waals surface area (Å²) in [5, 5.41) is 0.869. The molecule has 0 aliphatic carbocycles. The number of likely N-dealkylation sites (N-methyl/N-ethyl adjacent to an activating group) is 1. The molecule has 3 rings (SSSR count). The number of ketones is 1. The number of anilines is 1. The summed E-state index contributed by atoms with van der Waals surface area (Å²) in [5.41, 5.74) is 1.55. The van der Waals surface area contributed by atoms with Crippen LogP contribution in [0.3, 0.4) is 0 Å². The average molecular weight is 432 g/mol. The fourth-order valence-electron chi connectivity index (χ4n) is 2.96. The number of halogens is 2. The summed E-state index contributed by atoms with van der Waals surface area (Å²) >= 11 is 18.0. The van der Waals surface area contributed by atoms with Crippen molar-refractivity contribution in [3.8, 4) is 0 Å². The molecule has 1 aromatic heterocycles. The monoisotopic (exact) mass is 431 g/mol. The summed E-state index contributed by atoms with van der Waals surface area (Å²) in [7, 11) is 1.84. The molecule has 0 fully saturated rings. The van der Waals surface area contributed by atoms with Gasteiger partial charge in [0.25, 0.3) is 0 Å². The van der Waals surface area contributed by atoms with E-state index in [0.29, 0.717) is 38.3 Å². The maximum Gasteiger partial charge on any atom is 0.196 e. The molecule has 144 valence electrons. The van der Waals surface area contributed by atoms with Crippen LogP contribution in [0.15, 0.2) is 54.9 Å². The minimum absolute atomic E-state index is 0.201. The van der Waals surface area contributed by atoms with Crippen molar-refractivity contribution >= 4 is 51.9 Å². The number of aryl methyl sites for hydroxylation is 1. The highest BCUT2D eigenvalue weighted by atomic mass is 35.5. The van der Waals surface area contributed by atoms with Crippen molar-refractivity contribution in [3.63, 3.8) is 0 Å². The predicted molar refractivity (Wildman–Crippen MR) is 119 cm³/mol. The van der Waals surface area contributed by atoms with E-state index in [2.05, 4.69) is 11.9 Å². The lowest BCUT2D eigenvalue weighted by Gasteiger charge is -2.23. The molecule has 0 unspecified atom stereocenters. The van der Waals surface area contributed by atoms with Gasteiger partial charge in [-0.3, -0.25) is 4.79 Å². The van der Waals surface area contributed by atoms with Gasteiger partial charge in [0.1, 0.15) is 5.82 Å². The molecule has 0 saturated heterocycles. The van der Waals surface area contributed by atoms with Crippen molar-refractivity contribution in [1.29, 1.82) is 0 Å². The Morgan fingerprint density at radius 1 is 1.18 bits per heavy atom. The molecule has 0 bridgehead atoms. The molecule has 0 spiro atoms. The molecular weight excluding hydrogens is 413 g/mol. The number of hydrogen-bond donors (Lipinski definition) is 0. The van der Waals surface area contributed by atoms with Gasteiger partial charge in [-0.25, -0.2) is 4.98 Å². The molecule has 3 aromatic rings. The van der Waals surface area contributed by atoms with E-state index >= 15 is 0 Å². The Morgan fingerprint density at radius 3 is 2.64 bits per heavy atom. The maximum atomic E-state index is 13.2. The van der Waals surface area contributed by atoms with Gasteiger partial charge in [0.2, 0.25) is 0 Å². The van der Waals surface area contributed by atoms with Crippen molar-refractivity contribution in [2.45, 2.75) is 19.9 Å². The van der Waals surface area contributed by atoms with Crippen LogP contribution < -0.4 is 4.90 Å². The summed E-state index contributed by atoms with van der Waals surface area (Å²) in [6.07, 6.45) is 4.18. The molecule has 7 heteroatoms. The zero-order valence-electron chi connectivity index (χ0n) is 15.5. The SMILES string of the molecule is CCn1ccnc1CC(=S)N(C)c1ccc(Cl)cc1C(=O)c1ccccc1Cl. The molecule has 0 aliphatic rings. The minimum Gasteiger partial charge on any atom is -0.338 e. The molecule has 4 nitrogen and oxygen atoms in total. The van der Waals surface area contributed by atoms with Gasteiger partial charge in [-0.2, -0.15) is 0 Å². The first-order chi connectivity index (χ1) is 13.4. The predicted octanol–water partition coefficient (Wildman–Crippen LogP) is 5.45. The Morgan fingerprint density at radius 2 is 1.93 bits per heavy atom. The molecule has 0 saturated carbocycles. The highest BCUT2D eigenvalue weighted by Gasteiger charge is 2.21. The molecular formula is C21H19Cl2N3OS. The topological polar surface area (TPSA) is 38.1 Å². The maximum absolute atomic E-state index is 13.2. The van der Waals surface area contributed by atoms with Crippen LogP contribution in [0.5, 0.6) is 0 Å². The molecule has 0 aliphatic heterocycles. The number of imidazole rings is 1. The first-order valence-corrected chi connectivity index (χ1v) is 9.94. The average Bonchev–Trinajstić information content (AvgIpc) is 3.14. The molecule has 0 N–H and O–H groups in total. The summed E-state index contributed by atoms with van der Waals surface area (Å²) in [6.45, 7) is 2.87. The zero-order chi connectivity index (χ0) is 20.3. The van der Waals surface area contributed by atoms with E-state index in [1.807, 2.05) is 22.7 Å². The number of aromatic nitrogens is 2. The normalized spacial score (nSPS) is 10.7. The standard InChI is InChI=1S/C21H19Cl2N3OS/c1-3-26-11-10-24-19(26)13-20(28)25(2)18-9-8-14(22)12-16(18)21(27)15-6-4-5-7-17(15)23/h4-12H,3,13H2,1-2H3. The van der Waals surface area contributed by atoms with Gasteiger partial charge in [-0.1, -0.05) is 47.6 Å². The smallest absolute Gasteiger partial charge is 0.196 e. The van der Waals surface area contributed by atoms with Gasteiger partial charge in [0, 0.05) is 42.1 Å². The Balaban J connectivity index is 1.94. The Labute approximate surface area is 179 Å². The van der Waals surface area contributed by atoms with E-state index in [1.54, 1.807) is 48.7 Å². The second kappa shape index (κ2) is 8.86. The van der Waals surface area contributed by atoms with E-state index in [1.165, 1.54) is 0 Å². The van der Waals surface area contributed by atoms with Crippen LogP contribution in [0.1, 0.15) is 28.7 Å². The van der Waals surface area contributed by atoms with E-state index < -0.39 is 0 Å². The van der Waals surface area contributed by atoms with E-state index in [0.717, 1.165) is 12.4 Å². The summed E-state index contributed by atoms with van der Waals surface area (Å²) in [5.74, 6) is 0.681. The van der Waals surface area contributed by atoms with Crippen LogP contribution in [-0.2, 0) is 13.0 Å². The van der Waals surface area contributed by atoms with Gasteiger partial charge < -0.3 is 9.47 Å². The fourth-order valence-corrected chi connectivity index (χ4v) is 3.58. The number of carbonyl (C=O) groups excluding carboxylic acids is 1. The number of rotatable bonds is 6. The Hall–Kier alpha value is -2.21. The van der Waals surface area contributed by atoms with Crippen LogP contribution in [0.4, 0.5) is 5.69 Å². The first kappa shape index (κ1) is 20.5. The highest BCUT2D eigenvalue weighted by molar-refractivity contribution is 7.80. The second-order valence-electron chi connectivity index (χ2n) is 6.23. The van der Waals surface area contributed by atoms with Crippen molar-refractivity contribution in [3.05, 3.63) is 81.9 Å². The number of carbonyl (C=O) groups is 1. The van der Waals surface area contributed by atoms with E-state index in [-0.39, 0.29) is 5.78 Å². The van der Waals surface area contributed by atoms with Gasteiger partial charge in [-0.05, 0) is 37.3 Å². The van der Waals surface area contributed by atoms with Crippen molar-refractivity contribution in [2.24, 2.45) is 0 Å². The van der Waals surface area contributed by atoms with E-state index in [9.17, 15) is 4.79 Å². The molecule has 2 aromatic carbocycles. The number of nitrogens with zero attached hydrogens (tertiary/aromatic N) is 3. The van der Waals surface area contributed by atoms with Crippen LogP contribution in [0, 0.1) is 0 Å². The van der Waals surface area contributed by atoms with Crippen LogP contribution >= 0.6 is 35.4 Å². The Bertz CT molecular complexity index is 1030. The third kappa shape index (κ3) is 4.27. The van der Waals surface area contributed by atoms with Crippen LogP contribution in [0.2, 0.25) is 10.0 Å². The number of hydrogen-bond acceptors (Lipinski definition) is 3. The third-order valence-electron chi connectivity index (χ3n) is 4.51. The molecule has 0 atom stereocenters. The van der Waals surface area contributed by atoms with Gasteiger partial charge >= 0.3 is 0 Å². The second-order valence-corrected chi connectivity index (χ2v) is 7.54. The Kier molecular flexibility index (Phi) is 6.50. The minimum atomic E-state index is -0.201. The molecule has 28 heavy (non-hydrogen) atoms. The van der Waals surface area contributed by atoms with Gasteiger partial charge in [0.15, 0.2) is 5.78 Å². The lowest BCUT2D eigenvalue weighted by atomic mass is 10.0. The van der Waals surface area contributed by atoms with Crippen molar-refractivity contribution in [2.75, 3.05) is 11.9 Å². The summed E-state index contributed by atoms with van der Waals surface area (Å²) < 4.78 is 2.04. The molecule has 1 heterocycles. The third-order valence-corrected chi connectivity index (χ3v) is 5.49. The largest absolute Gasteiger partial charge is 0.338 e. The zero-order valence-corrected chi connectivity index (χ0v) is 17.9. The highest BCUT2D eigenvalue weighted by Crippen LogP contribution is 2.29. The molecule has 0 amide bonds. The van der Waals surface area contributed by atoms with Crippen molar-refractivity contribution in [1.82, 2.24) is 9.55 Å². The van der Waals surface area contributed by atoms with E-state index in [4.69, 9.17) is 35.4 Å². The fraction of sp³-hybridized carbons (Fsp3) is 0.190. The van der Waals surface area contributed by atoms with Gasteiger partial charge in [-0.15, -0.1) is 0 Å². The molecule has 0 radical (unpaired) electrons. The van der Waals surface area contributed by atoms with Crippen molar-refractivity contribution < 1.29 is 4.79 Å². The lowest BCUT2D eigenvalue weighted by Crippen LogP contribution is -2.29. The first-order valence-electron chi connectivity index (χ1n) is 8.77. The number of thiocarbonyl (C=S) groups is 1. The summed E-state index contributed by atoms with van der Waals surface area (Å²) in [4.78, 5) is 20.0. The van der Waals surface area contributed by atoms with Crippen LogP contribution in [-0.4, -0.2) is 27.4 Å². The number of benzene rings is 2. The quantitative estimate of drug-likeness (QED) is 0.384. The van der Waals surface area contributed by atoms with Gasteiger partial charge in [0.05, 0.1) is 22.1 Å². The van der Waals surface area contributed by atoms with Crippen LogP contribution in [0.25, 0.3) is 0 Å².